The SMILES string of the molecule is CC(C=O)OCCCCOS(=O)O. The highest BCUT2D eigenvalue weighted by Crippen LogP contribution is 1.94. The Kier molecular flexibility index (Phi) is 8.11. The third-order valence-electron chi connectivity index (χ3n) is 1.30. The van der Waals surface area contributed by atoms with Gasteiger partial charge in [0.2, 0.25) is 0 Å². The molecule has 0 aromatic rings. The van der Waals surface area contributed by atoms with E-state index < -0.39 is 11.4 Å². The second kappa shape index (κ2) is 8.31. The van der Waals surface area contributed by atoms with Gasteiger partial charge >= 0.3 is 11.4 Å². The monoisotopic (exact) mass is 210 g/mol. The summed E-state index contributed by atoms with van der Waals surface area (Å²) in [5.74, 6) is 0. The number of hydrogen-bond donors (Lipinski definition) is 1. The molecule has 1 N–H and O–H groups in total. The Morgan fingerprint density at radius 2 is 2.08 bits per heavy atom. The van der Waals surface area contributed by atoms with E-state index in [1.807, 2.05) is 0 Å². The topological polar surface area (TPSA) is 72.8 Å². The molecule has 13 heavy (non-hydrogen) atoms. The number of carbonyl (C=O) groups is 1. The van der Waals surface area contributed by atoms with Crippen LogP contribution in [0.5, 0.6) is 0 Å². The first kappa shape index (κ1) is 12.7. The molecule has 0 aromatic heterocycles. The molecule has 0 amide bonds. The smallest absolute Gasteiger partial charge is 0.301 e. The Morgan fingerprint density at radius 1 is 1.46 bits per heavy atom. The number of unbranched alkanes of at least 4 members (excludes halogenated alkanes) is 1. The van der Waals surface area contributed by atoms with Gasteiger partial charge in [0, 0.05) is 6.61 Å². The van der Waals surface area contributed by atoms with E-state index in [9.17, 15) is 9.00 Å². The predicted molar refractivity (Wildman–Crippen MR) is 47.4 cm³/mol. The molecule has 0 bridgehead atoms. The highest BCUT2D eigenvalue weighted by Gasteiger charge is 1.98. The molecule has 0 aliphatic heterocycles. The fourth-order valence-electron chi connectivity index (χ4n) is 0.643. The van der Waals surface area contributed by atoms with E-state index in [1.165, 1.54) is 0 Å². The van der Waals surface area contributed by atoms with Crippen LogP contribution >= 0.6 is 0 Å². The van der Waals surface area contributed by atoms with Crippen LogP contribution in [0.2, 0.25) is 0 Å². The minimum absolute atomic E-state index is 0.224. The molecule has 0 saturated heterocycles. The van der Waals surface area contributed by atoms with E-state index in [2.05, 4.69) is 4.18 Å². The zero-order valence-electron chi connectivity index (χ0n) is 7.47. The van der Waals surface area contributed by atoms with Crippen LogP contribution in [0.3, 0.4) is 0 Å². The Morgan fingerprint density at radius 3 is 2.62 bits per heavy atom. The third-order valence-corrected chi connectivity index (χ3v) is 1.66. The minimum atomic E-state index is -2.18. The van der Waals surface area contributed by atoms with Gasteiger partial charge in [-0.1, -0.05) is 0 Å². The maximum Gasteiger partial charge on any atom is 0.301 e. The minimum Gasteiger partial charge on any atom is -0.371 e. The highest BCUT2D eigenvalue weighted by molar-refractivity contribution is 7.74. The van der Waals surface area contributed by atoms with E-state index in [0.29, 0.717) is 19.4 Å². The molecule has 0 spiro atoms. The molecule has 0 heterocycles. The molecule has 2 unspecified atom stereocenters. The Hall–Kier alpha value is -0.300. The summed E-state index contributed by atoms with van der Waals surface area (Å²) in [6, 6.07) is 0. The van der Waals surface area contributed by atoms with Gasteiger partial charge in [0.25, 0.3) is 0 Å². The molecule has 0 rings (SSSR count). The fraction of sp³-hybridized carbons (Fsp3) is 0.857. The molecular weight excluding hydrogens is 196 g/mol. The number of carbonyl (C=O) groups excluding carboxylic acids is 1. The summed E-state index contributed by atoms with van der Waals surface area (Å²) in [5, 5.41) is 0. The first-order valence-corrected chi connectivity index (χ1v) is 5.01. The summed E-state index contributed by atoms with van der Waals surface area (Å²) < 4.78 is 27.6. The first-order chi connectivity index (χ1) is 6.16. The number of aldehydes is 1. The molecule has 0 fully saturated rings. The average Bonchev–Trinajstić information content (AvgIpc) is 2.10. The van der Waals surface area contributed by atoms with Crippen LogP contribution in [-0.2, 0) is 25.1 Å². The molecule has 0 aromatic carbocycles. The van der Waals surface area contributed by atoms with Crippen LogP contribution in [0.15, 0.2) is 0 Å². The van der Waals surface area contributed by atoms with Crippen molar-refractivity contribution in [3.05, 3.63) is 0 Å². The van der Waals surface area contributed by atoms with Crippen molar-refractivity contribution < 1.29 is 22.5 Å². The second-order valence-corrected chi connectivity index (χ2v) is 3.13. The van der Waals surface area contributed by atoms with E-state index in [4.69, 9.17) is 9.29 Å². The average molecular weight is 210 g/mol. The molecule has 0 radical (unpaired) electrons. The summed E-state index contributed by atoms with van der Waals surface area (Å²) in [6.07, 6.45) is 1.68. The fourth-order valence-corrected chi connectivity index (χ4v) is 0.903. The van der Waals surface area contributed by atoms with Gasteiger partial charge in [0.15, 0.2) is 0 Å². The van der Waals surface area contributed by atoms with Crippen molar-refractivity contribution in [3.63, 3.8) is 0 Å². The zero-order valence-corrected chi connectivity index (χ0v) is 8.29. The van der Waals surface area contributed by atoms with E-state index in [1.54, 1.807) is 6.92 Å². The third kappa shape index (κ3) is 9.62. The van der Waals surface area contributed by atoms with E-state index >= 15 is 0 Å². The van der Waals surface area contributed by atoms with E-state index in [-0.39, 0.29) is 12.7 Å². The van der Waals surface area contributed by atoms with Crippen molar-refractivity contribution in [1.29, 1.82) is 0 Å². The predicted octanol–water partition coefficient (Wildman–Crippen LogP) is 0.524. The van der Waals surface area contributed by atoms with Crippen LogP contribution < -0.4 is 0 Å². The zero-order chi connectivity index (χ0) is 10.1. The Balaban J connectivity index is 3.08. The quantitative estimate of drug-likeness (QED) is 0.359. The molecule has 78 valence electrons. The first-order valence-electron chi connectivity index (χ1n) is 3.98. The van der Waals surface area contributed by atoms with E-state index in [0.717, 1.165) is 6.29 Å². The standard InChI is InChI=1S/C7H14O5S/c1-7(6-8)11-4-2-3-5-12-13(9)10/h6-7H,2-5H2,1H3,(H,9,10). The second-order valence-electron chi connectivity index (χ2n) is 2.46. The van der Waals surface area contributed by atoms with Gasteiger partial charge in [-0.2, -0.15) is 4.21 Å². The van der Waals surface area contributed by atoms with Gasteiger partial charge in [-0.25, -0.2) is 0 Å². The van der Waals surface area contributed by atoms with Gasteiger partial charge < -0.3 is 9.53 Å². The maximum atomic E-state index is 10.1. The Labute approximate surface area is 79.9 Å². The van der Waals surface area contributed by atoms with Gasteiger partial charge in [-0.05, 0) is 19.8 Å². The summed E-state index contributed by atoms with van der Waals surface area (Å²) in [7, 11) is 0. The van der Waals surface area contributed by atoms with Crippen molar-refractivity contribution in [1.82, 2.24) is 0 Å². The number of ether oxygens (including phenoxy) is 1. The summed E-state index contributed by atoms with van der Waals surface area (Å²) in [5.41, 5.74) is 0. The lowest BCUT2D eigenvalue weighted by Crippen LogP contribution is -2.10. The molecule has 5 nitrogen and oxygen atoms in total. The molecule has 0 aliphatic rings. The molecule has 6 heteroatoms. The number of rotatable bonds is 8. The van der Waals surface area contributed by atoms with Crippen LogP contribution in [0.25, 0.3) is 0 Å². The van der Waals surface area contributed by atoms with Crippen LogP contribution in [0.4, 0.5) is 0 Å². The molecule has 0 saturated carbocycles. The van der Waals surface area contributed by atoms with Crippen LogP contribution in [0.1, 0.15) is 19.8 Å². The van der Waals surface area contributed by atoms with Crippen molar-refractivity contribution in [2.45, 2.75) is 25.9 Å². The largest absolute Gasteiger partial charge is 0.371 e. The van der Waals surface area contributed by atoms with Crippen LogP contribution in [-0.4, -0.2) is 34.4 Å². The summed E-state index contributed by atoms with van der Waals surface area (Å²) in [6.45, 7) is 2.34. The van der Waals surface area contributed by atoms with Crippen molar-refractivity contribution in [3.8, 4) is 0 Å². The summed E-state index contributed by atoms with van der Waals surface area (Å²) in [4.78, 5) is 10.1. The van der Waals surface area contributed by atoms with Gasteiger partial charge in [-0.3, -0.25) is 8.74 Å². The van der Waals surface area contributed by atoms with Gasteiger partial charge in [0.1, 0.15) is 12.4 Å². The molecule has 0 aliphatic carbocycles. The van der Waals surface area contributed by atoms with Gasteiger partial charge in [-0.15, -0.1) is 0 Å². The number of hydrogen-bond acceptors (Lipinski definition) is 4. The lowest BCUT2D eigenvalue weighted by molar-refractivity contribution is -0.117. The highest BCUT2D eigenvalue weighted by atomic mass is 32.2. The maximum absolute atomic E-state index is 10.1. The lowest BCUT2D eigenvalue weighted by Gasteiger charge is -2.05. The van der Waals surface area contributed by atoms with Crippen molar-refractivity contribution in [2.75, 3.05) is 13.2 Å². The summed E-state index contributed by atoms with van der Waals surface area (Å²) >= 11 is -2.18. The van der Waals surface area contributed by atoms with Crippen molar-refractivity contribution >= 4 is 17.6 Å². The normalized spacial score (nSPS) is 15.2. The lowest BCUT2D eigenvalue weighted by atomic mass is 10.3. The Bertz CT molecular complexity index is 161. The molecular formula is C7H14O5S. The molecule has 2 atom stereocenters. The van der Waals surface area contributed by atoms with Gasteiger partial charge in [0.05, 0.1) is 6.61 Å². The van der Waals surface area contributed by atoms with Crippen molar-refractivity contribution in [2.24, 2.45) is 0 Å². The van der Waals surface area contributed by atoms with Crippen LogP contribution in [0, 0.1) is 0 Å².